The highest BCUT2D eigenvalue weighted by atomic mass is 32.2. The first-order valence-corrected chi connectivity index (χ1v) is 10.5. The van der Waals surface area contributed by atoms with Crippen molar-refractivity contribution >= 4 is 15.9 Å². The van der Waals surface area contributed by atoms with E-state index in [4.69, 9.17) is 5.73 Å². The maximum atomic E-state index is 12.5. The molecule has 1 fully saturated rings. The van der Waals surface area contributed by atoms with Crippen LogP contribution in [-0.2, 0) is 20.6 Å². The van der Waals surface area contributed by atoms with E-state index in [1.54, 1.807) is 0 Å². The van der Waals surface area contributed by atoms with E-state index >= 15 is 0 Å². The Morgan fingerprint density at radius 3 is 2.44 bits per heavy atom. The van der Waals surface area contributed by atoms with Crippen molar-refractivity contribution in [1.29, 1.82) is 0 Å². The fraction of sp³-hybridized carbons (Fsp3) is 0.611. The second kappa shape index (κ2) is 8.78. The van der Waals surface area contributed by atoms with Crippen LogP contribution in [0.15, 0.2) is 30.3 Å². The number of rotatable bonds is 7. The number of benzene rings is 1. The first-order valence-electron chi connectivity index (χ1n) is 8.91. The number of hydrogen-bond donors (Lipinski definition) is 2. The number of sulfonamides is 1. The molecule has 0 radical (unpaired) electrons. The quantitative estimate of drug-likeness (QED) is 0.763. The standard InChI is InChI=1S/C18H29N3O3S/c1-3-14(2)17(19)18(22)20-16-9-11-21(12-10-16)25(23,24)13-15-7-5-4-6-8-15/h4-8,14,16-17H,3,9-13,19H2,1-2H3,(H,20,22). The molecule has 1 amide bonds. The molecule has 0 bridgehead atoms. The lowest BCUT2D eigenvalue weighted by Gasteiger charge is -2.32. The molecule has 2 unspecified atom stereocenters. The Morgan fingerprint density at radius 1 is 1.28 bits per heavy atom. The lowest BCUT2D eigenvalue weighted by Crippen LogP contribution is -2.52. The third-order valence-electron chi connectivity index (χ3n) is 4.95. The first-order chi connectivity index (χ1) is 11.8. The third kappa shape index (κ3) is 5.52. The van der Waals surface area contributed by atoms with Gasteiger partial charge in [0.25, 0.3) is 0 Å². The van der Waals surface area contributed by atoms with Crippen LogP contribution in [0.4, 0.5) is 0 Å². The Bertz CT molecular complexity index is 655. The van der Waals surface area contributed by atoms with E-state index in [0.717, 1.165) is 12.0 Å². The number of nitrogens with two attached hydrogens (primary N) is 1. The molecule has 6 nitrogen and oxygen atoms in total. The monoisotopic (exact) mass is 367 g/mol. The molecule has 0 saturated carbocycles. The van der Waals surface area contributed by atoms with Crippen molar-refractivity contribution in [1.82, 2.24) is 9.62 Å². The normalized spacial score (nSPS) is 19.3. The minimum atomic E-state index is -3.33. The molecule has 1 aliphatic rings. The maximum absolute atomic E-state index is 12.5. The molecular weight excluding hydrogens is 338 g/mol. The molecule has 1 aliphatic heterocycles. The van der Waals surface area contributed by atoms with Crippen LogP contribution in [0.25, 0.3) is 0 Å². The van der Waals surface area contributed by atoms with Gasteiger partial charge in [0.2, 0.25) is 15.9 Å². The van der Waals surface area contributed by atoms with Gasteiger partial charge in [0, 0.05) is 19.1 Å². The minimum Gasteiger partial charge on any atom is -0.352 e. The second-order valence-electron chi connectivity index (χ2n) is 6.84. The van der Waals surface area contributed by atoms with Crippen LogP contribution in [0, 0.1) is 5.92 Å². The van der Waals surface area contributed by atoms with Crippen LogP contribution >= 0.6 is 0 Å². The maximum Gasteiger partial charge on any atom is 0.237 e. The van der Waals surface area contributed by atoms with Crippen molar-refractivity contribution in [2.75, 3.05) is 13.1 Å². The van der Waals surface area contributed by atoms with Gasteiger partial charge in [-0.1, -0.05) is 50.6 Å². The molecule has 1 heterocycles. The molecule has 0 spiro atoms. The fourth-order valence-electron chi connectivity index (χ4n) is 2.96. The van der Waals surface area contributed by atoms with Crippen LogP contribution < -0.4 is 11.1 Å². The van der Waals surface area contributed by atoms with Gasteiger partial charge in [-0.2, -0.15) is 0 Å². The summed E-state index contributed by atoms with van der Waals surface area (Å²) in [6, 6.07) is 8.67. The van der Waals surface area contributed by atoms with E-state index < -0.39 is 16.1 Å². The zero-order valence-corrected chi connectivity index (χ0v) is 15.8. The largest absolute Gasteiger partial charge is 0.352 e. The molecule has 140 valence electrons. The number of piperidine rings is 1. The van der Waals surface area contributed by atoms with E-state index in [-0.39, 0.29) is 23.6 Å². The third-order valence-corrected chi connectivity index (χ3v) is 6.80. The predicted octanol–water partition coefficient (Wildman–Crippen LogP) is 1.47. The highest BCUT2D eigenvalue weighted by Gasteiger charge is 2.30. The van der Waals surface area contributed by atoms with Gasteiger partial charge in [0.15, 0.2) is 0 Å². The fourth-order valence-corrected chi connectivity index (χ4v) is 4.53. The van der Waals surface area contributed by atoms with Crippen molar-refractivity contribution in [3.63, 3.8) is 0 Å². The molecule has 0 aliphatic carbocycles. The van der Waals surface area contributed by atoms with E-state index in [1.807, 2.05) is 44.2 Å². The zero-order valence-electron chi connectivity index (χ0n) is 15.0. The van der Waals surface area contributed by atoms with Gasteiger partial charge in [-0.05, 0) is 24.3 Å². The van der Waals surface area contributed by atoms with Gasteiger partial charge < -0.3 is 11.1 Å². The Hall–Kier alpha value is -1.44. The van der Waals surface area contributed by atoms with Gasteiger partial charge in [0.1, 0.15) is 0 Å². The second-order valence-corrected chi connectivity index (χ2v) is 8.80. The van der Waals surface area contributed by atoms with Crippen LogP contribution in [-0.4, -0.2) is 43.8 Å². The molecule has 1 aromatic carbocycles. The smallest absolute Gasteiger partial charge is 0.237 e. The average Bonchev–Trinajstić information content (AvgIpc) is 2.61. The lowest BCUT2D eigenvalue weighted by molar-refractivity contribution is -0.124. The summed E-state index contributed by atoms with van der Waals surface area (Å²) >= 11 is 0. The van der Waals surface area contributed by atoms with E-state index in [9.17, 15) is 13.2 Å². The minimum absolute atomic E-state index is 0.00854. The van der Waals surface area contributed by atoms with Crippen molar-refractivity contribution in [3.05, 3.63) is 35.9 Å². The number of amides is 1. The molecule has 7 heteroatoms. The molecule has 3 N–H and O–H groups in total. The van der Waals surface area contributed by atoms with Gasteiger partial charge >= 0.3 is 0 Å². The van der Waals surface area contributed by atoms with Crippen LogP contribution in [0.2, 0.25) is 0 Å². The summed E-state index contributed by atoms with van der Waals surface area (Å²) in [6.45, 7) is 4.83. The SMILES string of the molecule is CCC(C)C(N)C(=O)NC1CCN(S(=O)(=O)Cc2ccccc2)CC1. The molecule has 1 aromatic rings. The Kier molecular flexibility index (Phi) is 6.98. The first kappa shape index (κ1) is 19.9. The van der Waals surface area contributed by atoms with Crippen molar-refractivity contribution in [2.24, 2.45) is 11.7 Å². The average molecular weight is 368 g/mol. The summed E-state index contributed by atoms with van der Waals surface area (Å²) in [5.74, 6) is 0.00954. The summed E-state index contributed by atoms with van der Waals surface area (Å²) in [7, 11) is -3.33. The Balaban J connectivity index is 1.85. The van der Waals surface area contributed by atoms with Crippen LogP contribution in [0.1, 0.15) is 38.7 Å². The van der Waals surface area contributed by atoms with Crippen molar-refractivity contribution < 1.29 is 13.2 Å². The van der Waals surface area contributed by atoms with Gasteiger partial charge in [0.05, 0.1) is 11.8 Å². The number of carbonyl (C=O) groups excluding carboxylic acids is 1. The molecule has 25 heavy (non-hydrogen) atoms. The highest BCUT2D eigenvalue weighted by molar-refractivity contribution is 7.88. The molecule has 0 aromatic heterocycles. The number of carbonyl (C=O) groups is 1. The number of nitrogens with one attached hydrogen (secondary N) is 1. The topological polar surface area (TPSA) is 92.5 Å². The number of nitrogens with zero attached hydrogens (tertiary/aromatic N) is 1. The molecule has 1 saturated heterocycles. The lowest BCUT2D eigenvalue weighted by atomic mass is 9.98. The van der Waals surface area contributed by atoms with Crippen molar-refractivity contribution in [3.8, 4) is 0 Å². The van der Waals surface area contributed by atoms with Crippen LogP contribution in [0.5, 0.6) is 0 Å². The Morgan fingerprint density at radius 2 is 1.88 bits per heavy atom. The van der Waals surface area contributed by atoms with Gasteiger partial charge in [-0.3, -0.25) is 4.79 Å². The van der Waals surface area contributed by atoms with Gasteiger partial charge in [-0.25, -0.2) is 12.7 Å². The zero-order chi connectivity index (χ0) is 18.4. The van der Waals surface area contributed by atoms with E-state index in [0.29, 0.717) is 25.9 Å². The molecule has 2 atom stereocenters. The van der Waals surface area contributed by atoms with E-state index in [1.165, 1.54) is 4.31 Å². The summed E-state index contributed by atoms with van der Waals surface area (Å²) < 4.78 is 26.6. The summed E-state index contributed by atoms with van der Waals surface area (Å²) in [6.07, 6.45) is 2.09. The van der Waals surface area contributed by atoms with Gasteiger partial charge in [-0.15, -0.1) is 0 Å². The summed E-state index contributed by atoms with van der Waals surface area (Å²) in [4.78, 5) is 12.2. The summed E-state index contributed by atoms with van der Waals surface area (Å²) in [5.41, 5.74) is 6.74. The van der Waals surface area contributed by atoms with Crippen molar-refractivity contribution in [2.45, 2.75) is 50.9 Å². The molecule has 2 rings (SSSR count). The highest BCUT2D eigenvalue weighted by Crippen LogP contribution is 2.18. The summed E-state index contributed by atoms with van der Waals surface area (Å²) in [5, 5.41) is 2.97. The molecular formula is C18H29N3O3S. The van der Waals surface area contributed by atoms with Crippen LogP contribution in [0.3, 0.4) is 0 Å². The van der Waals surface area contributed by atoms with E-state index in [2.05, 4.69) is 5.32 Å². The Labute approximate surface area is 150 Å². The number of hydrogen-bond acceptors (Lipinski definition) is 4. The predicted molar refractivity (Wildman–Crippen MR) is 99.2 cm³/mol.